The van der Waals surface area contributed by atoms with Crippen LogP contribution < -0.4 is 5.32 Å². The van der Waals surface area contributed by atoms with Gasteiger partial charge < -0.3 is 14.4 Å². The van der Waals surface area contributed by atoms with E-state index in [0.29, 0.717) is 11.7 Å². The molecule has 0 aliphatic heterocycles. The Bertz CT molecular complexity index is 774. The van der Waals surface area contributed by atoms with E-state index in [1.165, 1.54) is 0 Å². The highest BCUT2D eigenvalue weighted by molar-refractivity contribution is 5.79. The zero-order chi connectivity index (χ0) is 16.2. The Kier molecular flexibility index (Phi) is 4.22. The number of nitrogens with one attached hydrogen (secondary N) is 1. The van der Waals surface area contributed by atoms with E-state index in [0.717, 1.165) is 12.2 Å². The van der Waals surface area contributed by atoms with Gasteiger partial charge in [0.25, 0.3) is 0 Å². The zero-order valence-corrected chi connectivity index (χ0v) is 13.0. The summed E-state index contributed by atoms with van der Waals surface area (Å²) >= 11 is 0. The van der Waals surface area contributed by atoms with Crippen molar-refractivity contribution < 1.29 is 9.32 Å². The molecule has 23 heavy (non-hydrogen) atoms. The minimum Gasteiger partial charge on any atom is -0.345 e. The summed E-state index contributed by atoms with van der Waals surface area (Å²) in [5, 5.41) is 10.8. The highest BCUT2D eigenvalue weighted by Crippen LogP contribution is 2.16. The molecule has 3 aromatic heterocycles. The molecule has 120 valence electrons. The van der Waals surface area contributed by atoms with Crippen LogP contribution in [0.2, 0.25) is 0 Å². The predicted molar refractivity (Wildman–Crippen MR) is 82.2 cm³/mol. The third-order valence-corrected chi connectivity index (χ3v) is 3.58. The highest BCUT2D eigenvalue weighted by atomic mass is 16.5. The molecule has 0 aromatic carbocycles. The first-order valence-electron chi connectivity index (χ1n) is 7.44. The molecule has 1 amide bonds. The molecule has 0 fully saturated rings. The maximum atomic E-state index is 12.1. The van der Waals surface area contributed by atoms with Gasteiger partial charge in [0.2, 0.25) is 17.6 Å². The number of aryl methyl sites for hydroxylation is 1. The number of rotatable bonds is 6. The number of hydrogen-bond donors (Lipinski definition) is 1. The molecular formula is C15H18N6O2. The first-order valence-corrected chi connectivity index (χ1v) is 7.44. The van der Waals surface area contributed by atoms with Gasteiger partial charge in [-0.2, -0.15) is 10.1 Å². The van der Waals surface area contributed by atoms with Crippen LogP contribution in [0, 0.1) is 0 Å². The van der Waals surface area contributed by atoms with Crippen molar-refractivity contribution in [1.82, 2.24) is 29.8 Å². The van der Waals surface area contributed by atoms with Crippen LogP contribution >= 0.6 is 0 Å². The molecule has 0 radical (unpaired) electrons. The summed E-state index contributed by atoms with van der Waals surface area (Å²) in [6.45, 7) is 4.83. The average molecular weight is 314 g/mol. The molecule has 8 nitrogen and oxygen atoms in total. The maximum Gasteiger partial charge on any atom is 0.246 e. The van der Waals surface area contributed by atoms with E-state index in [1.807, 2.05) is 29.8 Å². The molecule has 0 saturated heterocycles. The van der Waals surface area contributed by atoms with E-state index < -0.39 is 6.04 Å². The Balaban J connectivity index is 1.62. The van der Waals surface area contributed by atoms with Crippen molar-refractivity contribution in [3.8, 4) is 11.5 Å². The van der Waals surface area contributed by atoms with E-state index in [9.17, 15) is 4.79 Å². The van der Waals surface area contributed by atoms with Crippen LogP contribution in [0.15, 0.2) is 41.3 Å². The molecule has 0 bridgehead atoms. The van der Waals surface area contributed by atoms with E-state index in [-0.39, 0.29) is 12.5 Å². The molecule has 0 spiro atoms. The van der Waals surface area contributed by atoms with Gasteiger partial charge in [0.15, 0.2) is 0 Å². The number of nitrogens with zero attached hydrogens (tertiary/aromatic N) is 5. The number of carbonyl (C=O) groups is 1. The van der Waals surface area contributed by atoms with Crippen LogP contribution in [0.4, 0.5) is 0 Å². The van der Waals surface area contributed by atoms with Gasteiger partial charge in [-0.1, -0.05) is 5.16 Å². The summed E-state index contributed by atoms with van der Waals surface area (Å²) in [4.78, 5) is 16.4. The fraction of sp³-hybridized carbons (Fsp3) is 0.333. The topological polar surface area (TPSA) is 90.8 Å². The Morgan fingerprint density at radius 1 is 1.39 bits per heavy atom. The highest BCUT2D eigenvalue weighted by Gasteiger charge is 2.17. The fourth-order valence-corrected chi connectivity index (χ4v) is 2.26. The van der Waals surface area contributed by atoms with Crippen LogP contribution in [0.1, 0.15) is 25.8 Å². The van der Waals surface area contributed by atoms with Gasteiger partial charge in [-0.25, -0.2) is 0 Å². The van der Waals surface area contributed by atoms with Crippen LogP contribution in [0.25, 0.3) is 11.5 Å². The minimum atomic E-state index is -0.398. The second kappa shape index (κ2) is 6.47. The lowest BCUT2D eigenvalue weighted by Gasteiger charge is -2.11. The second-order valence-corrected chi connectivity index (χ2v) is 5.07. The number of amides is 1. The van der Waals surface area contributed by atoms with Crippen molar-refractivity contribution in [3.05, 3.63) is 42.7 Å². The Morgan fingerprint density at radius 3 is 3.00 bits per heavy atom. The van der Waals surface area contributed by atoms with E-state index in [2.05, 4.69) is 20.6 Å². The monoisotopic (exact) mass is 314 g/mol. The summed E-state index contributed by atoms with van der Waals surface area (Å²) in [6, 6.07) is 5.24. The first kappa shape index (κ1) is 15.0. The predicted octanol–water partition coefficient (Wildman–Crippen LogP) is 1.63. The van der Waals surface area contributed by atoms with Crippen LogP contribution in [0.5, 0.6) is 0 Å². The Labute approximate surface area is 133 Å². The molecule has 0 aliphatic rings. The van der Waals surface area contributed by atoms with Gasteiger partial charge in [-0.15, -0.1) is 0 Å². The minimum absolute atomic E-state index is 0.162. The quantitative estimate of drug-likeness (QED) is 0.747. The fourth-order valence-electron chi connectivity index (χ4n) is 2.26. The summed E-state index contributed by atoms with van der Waals surface area (Å²) in [5.41, 5.74) is 0.888. The Morgan fingerprint density at radius 2 is 2.26 bits per heavy atom. The lowest BCUT2D eigenvalue weighted by atomic mass is 10.3. The standard InChI is InChI=1S/C15H18N6O2/c1-3-20-8-4-6-12(20)14-18-13(23-19-14)10-16-15(22)11(2)21-9-5-7-17-21/h4-9,11H,3,10H2,1-2H3,(H,16,22)/t11-/m0/s1. The summed E-state index contributed by atoms with van der Waals surface area (Å²) in [5.74, 6) is 0.719. The van der Waals surface area contributed by atoms with Crippen molar-refractivity contribution >= 4 is 5.91 Å². The lowest BCUT2D eigenvalue weighted by Crippen LogP contribution is -2.30. The normalized spacial score (nSPS) is 12.3. The summed E-state index contributed by atoms with van der Waals surface area (Å²) < 4.78 is 8.80. The average Bonchev–Trinajstić information content (AvgIpc) is 3.32. The zero-order valence-electron chi connectivity index (χ0n) is 13.0. The van der Waals surface area contributed by atoms with Gasteiger partial charge in [0, 0.05) is 25.1 Å². The van der Waals surface area contributed by atoms with Gasteiger partial charge in [0.05, 0.1) is 12.2 Å². The molecule has 0 saturated carbocycles. The van der Waals surface area contributed by atoms with Crippen molar-refractivity contribution in [2.45, 2.75) is 33.0 Å². The number of carbonyl (C=O) groups excluding carboxylic acids is 1. The second-order valence-electron chi connectivity index (χ2n) is 5.07. The third kappa shape index (κ3) is 3.15. The van der Waals surface area contributed by atoms with Gasteiger partial charge in [-0.05, 0) is 32.0 Å². The Hall–Kier alpha value is -2.90. The molecule has 0 aliphatic carbocycles. The van der Waals surface area contributed by atoms with E-state index in [4.69, 9.17) is 4.52 Å². The molecule has 3 rings (SSSR count). The SMILES string of the molecule is CCn1cccc1-c1noc(CNC(=O)[C@H](C)n2cccn2)n1. The lowest BCUT2D eigenvalue weighted by molar-refractivity contribution is -0.124. The van der Waals surface area contributed by atoms with Gasteiger partial charge in [-0.3, -0.25) is 9.48 Å². The molecule has 1 atom stereocenters. The van der Waals surface area contributed by atoms with Gasteiger partial charge in [0.1, 0.15) is 6.04 Å². The molecular weight excluding hydrogens is 296 g/mol. The van der Waals surface area contributed by atoms with Gasteiger partial charge >= 0.3 is 0 Å². The number of hydrogen-bond acceptors (Lipinski definition) is 5. The van der Waals surface area contributed by atoms with Crippen LogP contribution in [0.3, 0.4) is 0 Å². The van der Waals surface area contributed by atoms with E-state index in [1.54, 1.807) is 30.1 Å². The maximum absolute atomic E-state index is 12.1. The molecule has 3 heterocycles. The van der Waals surface area contributed by atoms with Crippen LogP contribution in [-0.2, 0) is 17.9 Å². The van der Waals surface area contributed by atoms with E-state index >= 15 is 0 Å². The summed E-state index contributed by atoms with van der Waals surface area (Å²) in [6.07, 6.45) is 5.34. The van der Waals surface area contributed by atoms with Crippen molar-refractivity contribution in [3.63, 3.8) is 0 Å². The largest absolute Gasteiger partial charge is 0.345 e. The molecule has 3 aromatic rings. The van der Waals surface area contributed by atoms with Crippen molar-refractivity contribution in [2.75, 3.05) is 0 Å². The third-order valence-electron chi connectivity index (χ3n) is 3.58. The summed E-state index contributed by atoms with van der Waals surface area (Å²) in [7, 11) is 0. The molecule has 0 unspecified atom stereocenters. The smallest absolute Gasteiger partial charge is 0.246 e. The number of aromatic nitrogens is 5. The van der Waals surface area contributed by atoms with Crippen molar-refractivity contribution in [1.29, 1.82) is 0 Å². The first-order chi connectivity index (χ1) is 11.2. The van der Waals surface area contributed by atoms with Crippen LogP contribution in [-0.4, -0.2) is 30.4 Å². The van der Waals surface area contributed by atoms with Crippen molar-refractivity contribution in [2.24, 2.45) is 0 Å². The molecule has 1 N–H and O–H groups in total. The molecule has 8 heteroatoms.